The first-order valence-corrected chi connectivity index (χ1v) is 13.2. The predicted molar refractivity (Wildman–Crippen MR) is 147 cm³/mol. The van der Waals surface area contributed by atoms with Crippen LogP contribution in [0.25, 0.3) is 0 Å². The number of aliphatic hydroxyl groups is 1. The van der Waals surface area contributed by atoms with Crippen molar-refractivity contribution in [3.63, 3.8) is 0 Å². The molecule has 39 heavy (non-hydrogen) atoms. The van der Waals surface area contributed by atoms with Gasteiger partial charge >= 0.3 is 0 Å². The lowest BCUT2D eigenvalue weighted by Gasteiger charge is -2.22. The van der Waals surface area contributed by atoms with E-state index < -0.39 is 29.5 Å². The Morgan fingerprint density at radius 3 is 2.31 bits per heavy atom. The van der Waals surface area contributed by atoms with Gasteiger partial charge < -0.3 is 21.1 Å². The topological polar surface area (TPSA) is 103 Å². The summed E-state index contributed by atoms with van der Waals surface area (Å²) < 4.78 is 26.8. The third kappa shape index (κ3) is 9.85. The van der Waals surface area contributed by atoms with Crippen molar-refractivity contribution in [1.82, 2.24) is 15.6 Å². The molecule has 2 amide bonds. The first-order valence-electron chi connectivity index (χ1n) is 13.2. The minimum atomic E-state index is -0.807. The third-order valence-electron chi connectivity index (χ3n) is 6.33. The van der Waals surface area contributed by atoms with Gasteiger partial charge in [-0.25, -0.2) is 13.8 Å². The number of halogens is 2. The molecule has 0 aliphatic rings. The quantitative estimate of drug-likeness (QED) is 0.243. The molecule has 0 aliphatic carbocycles. The molecule has 0 radical (unpaired) electrons. The average Bonchev–Trinajstić information content (AvgIpc) is 2.91. The van der Waals surface area contributed by atoms with E-state index in [1.54, 1.807) is 12.3 Å². The number of carbonyl (C=O) groups is 2. The second-order valence-corrected chi connectivity index (χ2v) is 9.66. The lowest BCUT2D eigenvalue weighted by molar-refractivity contribution is -0.126. The molecule has 0 spiro atoms. The Morgan fingerprint density at radius 1 is 0.974 bits per heavy atom. The highest BCUT2D eigenvalue weighted by molar-refractivity contribution is 5.96. The molecule has 7 nitrogen and oxygen atoms in total. The van der Waals surface area contributed by atoms with E-state index in [0.717, 1.165) is 42.2 Å². The van der Waals surface area contributed by atoms with Crippen molar-refractivity contribution in [3.05, 3.63) is 95.2 Å². The zero-order valence-corrected chi connectivity index (χ0v) is 22.3. The molecule has 3 unspecified atom stereocenters. The molecule has 0 fully saturated rings. The van der Waals surface area contributed by atoms with Crippen LogP contribution in [0.5, 0.6) is 0 Å². The number of rotatable bonds is 14. The Morgan fingerprint density at radius 2 is 1.69 bits per heavy atom. The molecule has 1 heterocycles. The lowest BCUT2D eigenvalue weighted by Crippen LogP contribution is -2.44. The van der Waals surface area contributed by atoms with Crippen molar-refractivity contribution in [2.45, 2.75) is 64.1 Å². The Bertz CT molecular complexity index is 1190. The minimum Gasteiger partial charge on any atom is -0.394 e. The molecule has 0 aliphatic heterocycles. The fraction of sp³-hybridized carbons (Fsp3) is 0.367. The highest BCUT2D eigenvalue weighted by Gasteiger charge is 2.21. The average molecular weight is 539 g/mol. The van der Waals surface area contributed by atoms with Crippen LogP contribution in [0, 0.1) is 11.6 Å². The molecule has 3 atom stereocenters. The summed E-state index contributed by atoms with van der Waals surface area (Å²) in [5.74, 6) is -2.08. The molecule has 3 aromatic rings. The number of nitrogens with one attached hydrogen (secondary N) is 3. The van der Waals surface area contributed by atoms with Crippen LogP contribution >= 0.6 is 0 Å². The van der Waals surface area contributed by atoms with Crippen LogP contribution in [-0.4, -0.2) is 40.6 Å². The van der Waals surface area contributed by atoms with Crippen LogP contribution < -0.4 is 16.0 Å². The normalized spacial score (nSPS) is 13.4. The number of aliphatic hydroxyl groups excluding tert-OH is 1. The molecule has 3 rings (SSSR count). The van der Waals surface area contributed by atoms with Gasteiger partial charge in [-0.05, 0) is 61.1 Å². The molecule has 0 bridgehead atoms. The number of amides is 2. The standard InChI is InChI=1S/C30H36F2N4O3/c1-3-7-26(35-29(38)16-22-14-24(31)17-25(32)15-22)30(39)36-28-13-12-21(18-33-28)11-10-20(2)34-27(19-37)23-8-5-4-6-9-23/h4-6,8-9,12-15,17-18,20,26-27,34,37H,3,7,10-11,16,19H2,1-2H3,(H,35,38)(H,33,36,39). The Labute approximate surface area is 228 Å². The zero-order chi connectivity index (χ0) is 28.2. The van der Waals surface area contributed by atoms with Crippen LogP contribution in [0.3, 0.4) is 0 Å². The first kappa shape index (κ1) is 29.9. The highest BCUT2D eigenvalue weighted by atomic mass is 19.1. The van der Waals surface area contributed by atoms with Crippen LogP contribution in [0.2, 0.25) is 0 Å². The number of carbonyl (C=O) groups excluding carboxylic acids is 2. The van der Waals surface area contributed by atoms with Gasteiger partial charge in [0.1, 0.15) is 23.5 Å². The van der Waals surface area contributed by atoms with Gasteiger partial charge in [-0.15, -0.1) is 0 Å². The number of benzene rings is 2. The first-order chi connectivity index (χ1) is 18.8. The Kier molecular flexibility index (Phi) is 11.5. The maximum atomic E-state index is 13.4. The summed E-state index contributed by atoms with van der Waals surface area (Å²) in [6.45, 7) is 3.97. The molecule has 9 heteroatoms. The van der Waals surface area contributed by atoms with Crippen LogP contribution in [0.1, 0.15) is 55.8 Å². The summed E-state index contributed by atoms with van der Waals surface area (Å²) in [6, 6.07) is 15.6. The van der Waals surface area contributed by atoms with Gasteiger partial charge in [-0.2, -0.15) is 0 Å². The number of hydrogen-bond donors (Lipinski definition) is 4. The smallest absolute Gasteiger partial charge is 0.248 e. The zero-order valence-electron chi connectivity index (χ0n) is 22.3. The van der Waals surface area contributed by atoms with Gasteiger partial charge in [0.15, 0.2) is 0 Å². The van der Waals surface area contributed by atoms with Crippen molar-refractivity contribution >= 4 is 17.6 Å². The molecular formula is C30H36F2N4O3. The van der Waals surface area contributed by atoms with E-state index in [2.05, 4.69) is 27.9 Å². The van der Waals surface area contributed by atoms with Gasteiger partial charge in [0.25, 0.3) is 0 Å². The van der Waals surface area contributed by atoms with Crippen LogP contribution in [0.4, 0.5) is 14.6 Å². The number of nitrogens with zero attached hydrogens (tertiary/aromatic N) is 1. The number of anilines is 1. The molecule has 2 aromatic carbocycles. The van der Waals surface area contributed by atoms with E-state index in [-0.39, 0.29) is 30.7 Å². The second kappa shape index (κ2) is 15.0. The van der Waals surface area contributed by atoms with Gasteiger partial charge in [0.2, 0.25) is 11.8 Å². The maximum Gasteiger partial charge on any atom is 0.248 e. The van der Waals surface area contributed by atoms with E-state index in [4.69, 9.17) is 0 Å². The molecule has 0 saturated carbocycles. The number of aromatic nitrogens is 1. The monoisotopic (exact) mass is 538 g/mol. The van der Waals surface area contributed by atoms with Crippen LogP contribution in [0.15, 0.2) is 66.9 Å². The van der Waals surface area contributed by atoms with Crippen molar-refractivity contribution in [3.8, 4) is 0 Å². The Balaban J connectivity index is 1.49. The molecule has 0 saturated heterocycles. The largest absolute Gasteiger partial charge is 0.394 e. The molecule has 1 aromatic heterocycles. The van der Waals surface area contributed by atoms with Crippen molar-refractivity contribution in [2.75, 3.05) is 11.9 Å². The van der Waals surface area contributed by atoms with E-state index in [0.29, 0.717) is 18.7 Å². The summed E-state index contributed by atoms with van der Waals surface area (Å²) in [6.07, 6.45) is 4.10. The summed E-state index contributed by atoms with van der Waals surface area (Å²) in [7, 11) is 0. The van der Waals surface area contributed by atoms with Gasteiger partial charge in [0, 0.05) is 18.3 Å². The summed E-state index contributed by atoms with van der Waals surface area (Å²) in [5, 5.41) is 18.6. The number of hydrogen-bond acceptors (Lipinski definition) is 5. The van der Waals surface area contributed by atoms with Crippen LogP contribution in [-0.2, 0) is 22.4 Å². The van der Waals surface area contributed by atoms with Crippen molar-refractivity contribution in [2.24, 2.45) is 0 Å². The molecule has 4 N–H and O–H groups in total. The molecule has 208 valence electrons. The predicted octanol–water partition coefficient (Wildman–Crippen LogP) is 4.47. The SMILES string of the molecule is CCCC(NC(=O)Cc1cc(F)cc(F)c1)C(=O)Nc1ccc(CCC(C)NC(CO)c2ccccc2)cn1. The minimum absolute atomic E-state index is 0.00708. The lowest BCUT2D eigenvalue weighted by atomic mass is 10.0. The summed E-state index contributed by atoms with van der Waals surface area (Å²) in [4.78, 5) is 29.6. The van der Waals surface area contributed by atoms with Gasteiger partial charge in [0.05, 0.1) is 19.1 Å². The van der Waals surface area contributed by atoms with Crippen molar-refractivity contribution < 1.29 is 23.5 Å². The van der Waals surface area contributed by atoms with E-state index in [9.17, 15) is 23.5 Å². The molecular weight excluding hydrogens is 502 g/mol. The van der Waals surface area contributed by atoms with Gasteiger partial charge in [-0.3, -0.25) is 9.59 Å². The highest BCUT2D eigenvalue weighted by Crippen LogP contribution is 2.15. The van der Waals surface area contributed by atoms with Gasteiger partial charge in [-0.1, -0.05) is 49.7 Å². The third-order valence-corrected chi connectivity index (χ3v) is 6.33. The van der Waals surface area contributed by atoms with E-state index in [1.165, 1.54) is 0 Å². The van der Waals surface area contributed by atoms with Crippen molar-refractivity contribution in [1.29, 1.82) is 0 Å². The van der Waals surface area contributed by atoms with E-state index in [1.807, 2.05) is 43.3 Å². The number of pyridine rings is 1. The second-order valence-electron chi connectivity index (χ2n) is 9.66. The fourth-order valence-electron chi connectivity index (χ4n) is 4.31. The summed E-state index contributed by atoms with van der Waals surface area (Å²) >= 11 is 0. The maximum absolute atomic E-state index is 13.4. The van der Waals surface area contributed by atoms with E-state index >= 15 is 0 Å². The number of aryl methyl sites for hydroxylation is 1. The Hall–Kier alpha value is -3.69. The summed E-state index contributed by atoms with van der Waals surface area (Å²) in [5.41, 5.74) is 2.23. The fourth-order valence-corrected chi connectivity index (χ4v) is 4.31.